The van der Waals surface area contributed by atoms with Crippen molar-refractivity contribution in [1.82, 2.24) is 4.98 Å². The van der Waals surface area contributed by atoms with Crippen molar-refractivity contribution in [3.63, 3.8) is 0 Å². The zero-order valence-electron chi connectivity index (χ0n) is 9.79. The van der Waals surface area contributed by atoms with Gasteiger partial charge >= 0.3 is 0 Å². The average Bonchev–Trinajstić information content (AvgIpc) is 2.87. The Morgan fingerprint density at radius 3 is 2.78 bits per heavy atom. The van der Waals surface area contributed by atoms with E-state index >= 15 is 0 Å². The normalized spacial score (nSPS) is 10.7. The van der Waals surface area contributed by atoms with Crippen molar-refractivity contribution in [3.05, 3.63) is 41.0 Å². The molecule has 92 valence electrons. The van der Waals surface area contributed by atoms with Crippen molar-refractivity contribution in [3.8, 4) is 16.3 Å². The lowest BCUT2D eigenvalue weighted by molar-refractivity contribution is 0.112. The second-order valence-corrected chi connectivity index (χ2v) is 4.58. The number of aldehydes is 1. The van der Waals surface area contributed by atoms with Crippen LogP contribution in [0.1, 0.15) is 15.4 Å². The van der Waals surface area contributed by atoms with Crippen LogP contribution < -0.4 is 10.5 Å². The molecule has 0 saturated heterocycles. The maximum atomic E-state index is 10.7. The minimum atomic E-state index is 0.661. The number of methoxy groups -OCH3 is 1. The molecule has 2 N–H and O–H groups in total. The van der Waals surface area contributed by atoms with E-state index in [0.29, 0.717) is 16.3 Å². The topological polar surface area (TPSA) is 65.2 Å². The summed E-state index contributed by atoms with van der Waals surface area (Å²) >= 11 is 1.38. The van der Waals surface area contributed by atoms with E-state index in [0.717, 1.165) is 16.9 Å². The number of thiophene rings is 1. The summed E-state index contributed by atoms with van der Waals surface area (Å²) in [6.45, 7) is 0. The molecule has 0 bridgehead atoms. The van der Waals surface area contributed by atoms with Crippen LogP contribution in [0.15, 0.2) is 30.5 Å². The average molecular weight is 260 g/mol. The Morgan fingerprint density at radius 1 is 1.33 bits per heavy atom. The molecule has 2 rings (SSSR count). The molecular formula is C13H12N2O2S. The lowest BCUT2D eigenvalue weighted by Gasteiger charge is -2.06. The predicted molar refractivity (Wildman–Crippen MR) is 72.7 cm³/mol. The Labute approximate surface area is 109 Å². The second kappa shape index (κ2) is 5.46. The molecule has 0 aliphatic heterocycles. The van der Waals surface area contributed by atoms with Crippen LogP contribution in [0.25, 0.3) is 16.6 Å². The van der Waals surface area contributed by atoms with Crippen LogP contribution in [-0.2, 0) is 0 Å². The van der Waals surface area contributed by atoms with E-state index in [1.165, 1.54) is 17.5 Å². The molecule has 2 heterocycles. The van der Waals surface area contributed by atoms with Crippen LogP contribution in [0.5, 0.6) is 5.75 Å². The summed E-state index contributed by atoms with van der Waals surface area (Å²) in [5, 5.41) is 0. The van der Waals surface area contributed by atoms with Gasteiger partial charge in [-0.1, -0.05) is 0 Å². The number of pyridine rings is 1. The van der Waals surface area contributed by atoms with Gasteiger partial charge in [-0.2, -0.15) is 0 Å². The molecule has 2 aromatic rings. The van der Waals surface area contributed by atoms with Crippen LogP contribution in [-0.4, -0.2) is 18.4 Å². The molecular weight excluding hydrogens is 248 g/mol. The van der Waals surface area contributed by atoms with Crippen molar-refractivity contribution in [2.45, 2.75) is 0 Å². The first kappa shape index (κ1) is 12.3. The summed E-state index contributed by atoms with van der Waals surface area (Å²) in [5.41, 5.74) is 6.81. The molecule has 0 spiro atoms. The molecule has 0 amide bonds. The van der Waals surface area contributed by atoms with E-state index in [-0.39, 0.29) is 0 Å². The molecule has 0 aromatic carbocycles. The van der Waals surface area contributed by atoms with E-state index in [4.69, 9.17) is 10.5 Å². The predicted octanol–water partition coefficient (Wildman–Crippen LogP) is 2.56. The number of nitrogens with zero attached hydrogens (tertiary/aromatic N) is 1. The number of rotatable bonds is 4. The summed E-state index contributed by atoms with van der Waals surface area (Å²) in [6.07, 6.45) is 3.96. The molecule has 18 heavy (non-hydrogen) atoms. The van der Waals surface area contributed by atoms with Crippen molar-refractivity contribution < 1.29 is 9.53 Å². The van der Waals surface area contributed by atoms with Crippen LogP contribution in [0.3, 0.4) is 0 Å². The van der Waals surface area contributed by atoms with Crippen LogP contribution in [0.4, 0.5) is 0 Å². The van der Waals surface area contributed by atoms with Gasteiger partial charge in [0, 0.05) is 0 Å². The zero-order chi connectivity index (χ0) is 13.0. The molecule has 5 heteroatoms. The Balaban J connectivity index is 2.52. The lowest BCUT2D eigenvalue weighted by atomic mass is 10.2. The van der Waals surface area contributed by atoms with Crippen molar-refractivity contribution >= 4 is 23.7 Å². The van der Waals surface area contributed by atoms with Crippen LogP contribution >= 0.6 is 11.3 Å². The first-order valence-corrected chi connectivity index (χ1v) is 6.09. The quantitative estimate of drug-likeness (QED) is 0.858. The fourth-order valence-electron chi connectivity index (χ4n) is 1.54. The molecule has 0 atom stereocenters. The minimum Gasteiger partial charge on any atom is -0.494 e. The number of nitrogens with two attached hydrogens (primary N) is 1. The maximum absolute atomic E-state index is 10.7. The van der Waals surface area contributed by atoms with Gasteiger partial charge in [-0.15, -0.1) is 11.3 Å². The van der Waals surface area contributed by atoms with Gasteiger partial charge in [0.25, 0.3) is 0 Å². The molecule has 0 saturated carbocycles. The monoisotopic (exact) mass is 260 g/mol. The number of hydrogen-bond acceptors (Lipinski definition) is 5. The Kier molecular flexibility index (Phi) is 3.74. The summed E-state index contributed by atoms with van der Waals surface area (Å²) in [6, 6.07) is 7.27. The second-order valence-electron chi connectivity index (χ2n) is 3.47. The lowest BCUT2D eigenvalue weighted by Crippen LogP contribution is -1.92. The highest BCUT2D eigenvalue weighted by Crippen LogP contribution is 2.33. The largest absolute Gasteiger partial charge is 0.494 e. The minimum absolute atomic E-state index is 0.661. The summed E-state index contributed by atoms with van der Waals surface area (Å²) < 4.78 is 5.28. The van der Waals surface area contributed by atoms with Crippen LogP contribution in [0.2, 0.25) is 0 Å². The van der Waals surface area contributed by atoms with Gasteiger partial charge in [0.15, 0.2) is 6.29 Å². The maximum Gasteiger partial charge on any atom is 0.160 e. The van der Waals surface area contributed by atoms with E-state index in [2.05, 4.69) is 4.98 Å². The highest BCUT2D eigenvalue weighted by molar-refractivity contribution is 7.17. The molecule has 0 aliphatic carbocycles. The summed E-state index contributed by atoms with van der Waals surface area (Å²) in [4.78, 5) is 16.7. The van der Waals surface area contributed by atoms with E-state index in [1.54, 1.807) is 19.3 Å². The van der Waals surface area contributed by atoms with Gasteiger partial charge in [0.05, 0.1) is 22.6 Å². The fraction of sp³-hybridized carbons (Fsp3) is 0.0769. The highest BCUT2D eigenvalue weighted by atomic mass is 32.1. The van der Waals surface area contributed by atoms with Crippen LogP contribution in [0, 0.1) is 0 Å². The SMILES string of the molecule is COc1ccc(/C=C\N)nc1-c1ccc(C=O)s1. The number of aromatic nitrogens is 1. The zero-order valence-corrected chi connectivity index (χ0v) is 10.6. The number of ether oxygens (including phenoxy) is 1. The molecule has 0 radical (unpaired) electrons. The van der Waals surface area contributed by atoms with Gasteiger partial charge in [0.2, 0.25) is 0 Å². The first-order chi connectivity index (χ1) is 8.78. The Hall–Kier alpha value is -2.14. The van der Waals surface area contributed by atoms with E-state index in [9.17, 15) is 4.79 Å². The molecule has 2 aromatic heterocycles. The third-order valence-electron chi connectivity index (χ3n) is 2.34. The van der Waals surface area contributed by atoms with E-state index < -0.39 is 0 Å². The van der Waals surface area contributed by atoms with Gasteiger partial charge in [-0.05, 0) is 36.5 Å². The number of carbonyl (C=O) groups is 1. The molecule has 0 unspecified atom stereocenters. The smallest absolute Gasteiger partial charge is 0.160 e. The van der Waals surface area contributed by atoms with Crippen molar-refractivity contribution in [1.29, 1.82) is 0 Å². The van der Waals surface area contributed by atoms with Gasteiger partial charge in [-0.3, -0.25) is 4.79 Å². The number of carbonyl (C=O) groups excluding carboxylic acids is 1. The van der Waals surface area contributed by atoms with Gasteiger partial charge < -0.3 is 10.5 Å². The van der Waals surface area contributed by atoms with Gasteiger partial charge in [-0.25, -0.2) is 4.98 Å². The standard InChI is InChI=1S/C13H12N2O2S/c1-17-11-4-2-9(6-7-14)15-13(11)12-5-3-10(8-16)18-12/h2-8H,14H2,1H3/b7-6-. The van der Waals surface area contributed by atoms with Gasteiger partial charge in [0.1, 0.15) is 11.4 Å². The molecule has 0 aliphatic rings. The van der Waals surface area contributed by atoms with Crippen molar-refractivity contribution in [2.75, 3.05) is 7.11 Å². The van der Waals surface area contributed by atoms with Crippen molar-refractivity contribution in [2.24, 2.45) is 5.73 Å². The summed E-state index contributed by atoms with van der Waals surface area (Å²) in [7, 11) is 1.59. The summed E-state index contributed by atoms with van der Waals surface area (Å²) in [5.74, 6) is 0.670. The van der Waals surface area contributed by atoms with E-state index in [1.807, 2.05) is 18.2 Å². The number of hydrogen-bond donors (Lipinski definition) is 1. The first-order valence-electron chi connectivity index (χ1n) is 5.27. The third kappa shape index (κ3) is 2.41. The Bertz CT molecular complexity index is 590. The highest BCUT2D eigenvalue weighted by Gasteiger charge is 2.10. The fourth-order valence-corrected chi connectivity index (χ4v) is 2.35. The molecule has 0 fully saturated rings. The molecule has 4 nitrogen and oxygen atoms in total. The Morgan fingerprint density at radius 2 is 2.17 bits per heavy atom. The third-order valence-corrected chi connectivity index (χ3v) is 3.36.